The largest absolute Gasteiger partial charge is 0.487 e. The van der Waals surface area contributed by atoms with Gasteiger partial charge in [-0.25, -0.2) is 0 Å². The first-order chi connectivity index (χ1) is 8.70. The zero-order valence-corrected chi connectivity index (χ0v) is 11.9. The van der Waals surface area contributed by atoms with Gasteiger partial charge in [0.15, 0.2) is 0 Å². The predicted octanol–water partition coefficient (Wildman–Crippen LogP) is 3.80. The van der Waals surface area contributed by atoms with Crippen molar-refractivity contribution in [2.45, 2.75) is 20.1 Å². The maximum atomic E-state index is 5.87. The predicted molar refractivity (Wildman–Crippen MR) is 77.5 cm³/mol. The van der Waals surface area contributed by atoms with Crippen molar-refractivity contribution >= 4 is 15.9 Å². The van der Waals surface area contributed by atoms with E-state index < -0.39 is 0 Å². The number of rotatable bonds is 4. The molecule has 0 aliphatic carbocycles. The third kappa shape index (κ3) is 3.12. The van der Waals surface area contributed by atoms with Crippen LogP contribution in [0.5, 0.6) is 5.75 Å². The van der Waals surface area contributed by atoms with Crippen molar-refractivity contribution in [1.29, 1.82) is 0 Å². The van der Waals surface area contributed by atoms with Gasteiger partial charge in [0.2, 0.25) is 0 Å². The van der Waals surface area contributed by atoms with Crippen molar-refractivity contribution in [3.05, 3.63) is 63.6 Å². The Hall–Kier alpha value is -1.32. The van der Waals surface area contributed by atoms with Crippen LogP contribution in [0.3, 0.4) is 0 Å². The van der Waals surface area contributed by atoms with E-state index in [1.165, 1.54) is 0 Å². The molecule has 2 rings (SSSR count). The second-order valence-electron chi connectivity index (χ2n) is 4.20. The Morgan fingerprint density at radius 1 is 1.11 bits per heavy atom. The molecule has 18 heavy (non-hydrogen) atoms. The number of nitrogens with two attached hydrogens (primary N) is 1. The van der Waals surface area contributed by atoms with Gasteiger partial charge in [-0.2, -0.15) is 0 Å². The first kappa shape index (κ1) is 13.1. The summed E-state index contributed by atoms with van der Waals surface area (Å²) >= 11 is 3.53. The van der Waals surface area contributed by atoms with Crippen LogP contribution in [0.4, 0.5) is 0 Å². The van der Waals surface area contributed by atoms with Crippen molar-refractivity contribution in [2.75, 3.05) is 0 Å². The molecule has 0 unspecified atom stereocenters. The van der Waals surface area contributed by atoms with Crippen LogP contribution < -0.4 is 10.5 Å². The van der Waals surface area contributed by atoms with Gasteiger partial charge in [-0.05, 0) is 45.6 Å². The summed E-state index contributed by atoms with van der Waals surface area (Å²) in [6.45, 7) is 3.14. The molecule has 0 aromatic heterocycles. The molecule has 0 amide bonds. The number of hydrogen-bond acceptors (Lipinski definition) is 2. The van der Waals surface area contributed by atoms with Crippen molar-refractivity contribution in [2.24, 2.45) is 5.73 Å². The maximum Gasteiger partial charge on any atom is 0.136 e. The molecule has 2 aromatic carbocycles. The molecule has 0 radical (unpaired) electrons. The molecule has 0 spiro atoms. The van der Waals surface area contributed by atoms with E-state index in [2.05, 4.69) is 34.1 Å². The van der Waals surface area contributed by atoms with Gasteiger partial charge in [0.25, 0.3) is 0 Å². The lowest BCUT2D eigenvalue weighted by molar-refractivity contribution is 0.302. The van der Waals surface area contributed by atoms with E-state index in [4.69, 9.17) is 10.5 Å². The Labute approximate surface area is 116 Å². The fraction of sp³-hybridized carbons (Fsp3) is 0.200. The molecule has 0 fully saturated rings. The van der Waals surface area contributed by atoms with E-state index in [1.54, 1.807) is 0 Å². The lowest BCUT2D eigenvalue weighted by atomic mass is 10.1. The molecule has 0 saturated heterocycles. The zero-order chi connectivity index (χ0) is 13.0. The highest BCUT2D eigenvalue weighted by Gasteiger charge is 2.07. The zero-order valence-electron chi connectivity index (χ0n) is 10.3. The van der Waals surface area contributed by atoms with Crippen molar-refractivity contribution in [1.82, 2.24) is 0 Å². The molecular formula is C15H16BrNO. The molecule has 94 valence electrons. The summed E-state index contributed by atoms with van der Waals surface area (Å²) in [7, 11) is 0. The minimum Gasteiger partial charge on any atom is -0.487 e. The van der Waals surface area contributed by atoms with Crippen LogP contribution in [0.1, 0.15) is 16.7 Å². The summed E-state index contributed by atoms with van der Waals surface area (Å²) in [6, 6.07) is 14.2. The monoisotopic (exact) mass is 305 g/mol. The Morgan fingerprint density at radius 3 is 2.44 bits per heavy atom. The molecule has 0 aliphatic heterocycles. The maximum absolute atomic E-state index is 5.87. The van der Waals surface area contributed by atoms with E-state index in [0.29, 0.717) is 13.2 Å². The van der Waals surface area contributed by atoms with Crippen molar-refractivity contribution in [3.8, 4) is 5.75 Å². The highest BCUT2D eigenvalue weighted by molar-refractivity contribution is 9.10. The van der Waals surface area contributed by atoms with Crippen LogP contribution in [0.15, 0.2) is 46.9 Å². The van der Waals surface area contributed by atoms with Crippen LogP contribution in [-0.4, -0.2) is 0 Å². The minimum absolute atomic E-state index is 0.540. The van der Waals surface area contributed by atoms with E-state index in [-0.39, 0.29) is 0 Å². The summed E-state index contributed by atoms with van der Waals surface area (Å²) in [5.41, 5.74) is 9.00. The van der Waals surface area contributed by atoms with Gasteiger partial charge >= 0.3 is 0 Å². The molecular weight excluding hydrogens is 290 g/mol. The van der Waals surface area contributed by atoms with Crippen LogP contribution >= 0.6 is 15.9 Å². The summed E-state index contributed by atoms with van der Waals surface area (Å²) in [6.07, 6.45) is 0. The van der Waals surface area contributed by atoms with Crippen LogP contribution in [0.25, 0.3) is 0 Å². The molecule has 0 atom stereocenters. The molecule has 0 bridgehead atoms. The van der Waals surface area contributed by atoms with Gasteiger partial charge in [0.05, 0.1) is 4.47 Å². The van der Waals surface area contributed by atoms with E-state index in [1.807, 2.05) is 31.2 Å². The van der Waals surface area contributed by atoms with E-state index in [0.717, 1.165) is 26.9 Å². The van der Waals surface area contributed by atoms with Gasteiger partial charge in [0.1, 0.15) is 12.4 Å². The topological polar surface area (TPSA) is 35.2 Å². The highest BCUT2D eigenvalue weighted by atomic mass is 79.9. The Morgan fingerprint density at radius 2 is 1.83 bits per heavy atom. The molecule has 3 heteroatoms. The lowest BCUT2D eigenvalue weighted by Gasteiger charge is -2.12. The quantitative estimate of drug-likeness (QED) is 0.932. The first-order valence-corrected chi connectivity index (χ1v) is 6.66. The molecule has 0 aliphatic rings. The van der Waals surface area contributed by atoms with Crippen LogP contribution in [0, 0.1) is 6.92 Å². The Kier molecular flexibility index (Phi) is 4.39. The smallest absolute Gasteiger partial charge is 0.136 e. The third-order valence-electron chi connectivity index (χ3n) is 2.75. The second kappa shape index (κ2) is 6.03. The number of halogens is 1. The second-order valence-corrected chi connectivity index (χ2v) is 5.06. The standard InChI is InChI=1S/C15H16BrNO/c1-11-7-13(9-17)8-14(16)15(11)18-10-12-5-3-2-4-6-12/h2-8H,9-10,17H2,1H3. The molecule has 0 saturated carbocycles. The fourth-order valence-corrected chi connectivity index (χ4v) is 2.55. The normalized spacial score (nSPS) is 10.4. The van der Waals surface area contributed by atoms with E-state index in [9.17, 15) is 0 Å². The lowest BCUT2D eigenvalue weighted by Crippen LogP contribution is -2.01. The SMILES string of the molecule is Cc1cc(CN)cc(Br)c1OCc1ccccc1. The number of hydrogen-bond donors (Lipinski definition) is 1. The van der Waals surface area contributed by atoms with Crippen LogP contribution in [0.2, 0.25) is 0 Å². The summed E-state index contributed by atoms with van der Waals surface area (Å²) < 4.78 is 6.82. The summed E-state index contributed by atoms with van der Waals surface area (Å²) in [5.74, 6) is 0.885. The average molecular weight is 306 g/mol. The van der Waals surface area contributed by atoms with E-state index >= 15 is 0 Å². The average Bonchev–Trinajstić information content (AvgIpc) is 2.38. The van der Waals surface area contributed by atoms with Crippen molar-refractivity contribution in [3.63, 3.8) is 0 Å². The Balaban J connectivity index is 2.15. The fourth-order valence-electron chi connectivity index (χ4n) is 1.83. The van der Waals surface area contributed by atoms with Crippen molar-refractivity contribution < 1.29 is 4.74 Å². The van der Waals surface area contributed by atoms with Gasteiger partial charge in [-0.15, -0.1) is 0 Å². The molecule has 2 nitrogen and oxygen atoms in total. The van der Waals surface area contributed by atoms with Gasteiger partial charge < -0.3 is 10.5 Å². The Bertz CT molecular complexity index is 502. The third-order valence-corrected chi connectivity index (χ3v) is 3.34. The van der Waals surface area contributed by atoms with Crippen LogP contribution in [-0.2, 0) is 13.2 Å². The molecule has 0 heterocycles. The number of aryl methyl sites for hydroxylation is 1. The van der Waals surface area contributed by atoms with Gasteiger partial charge in [0, 0.05) is 6.54 Å². The summed E-state index contributed by atoms with van der Waals surface area (Å²) in [4.78, 5) is 0. The summed E-state index contributed by atoms with van der Waals surface area (Å²) in [5, 5.41) is 0. The number of benzene rings is 2. The van der Waals surface area contributed by atoms with Gasteiger partial charge in [-0.3, -0.25) is 0 Å². The number of ether oxygens (including phenoxy) is 1. The minimum atomic E-state index is 0.540. The highest BCUT2D eigenvalue weighted by Crippen LogP contribution is 2.30. The molecule has 2 N–H and O–H groups in total. The van der Waals surface area contributed by atoms with Gasteiger partial charge in [-0.1, -0.05) is 36.4 Å². The molecule has 2 aromatic rings. The first-order valence-electron chi connectivity index (χ1n) is 5.86.